The quantitative estimate of drug-likeness (QED) is 0.812. The van der Waals surface area contributed by atoms with Crippen LogP contribution in [0.25, 0.3) is 0 Å². The Labute approximate surface area is 121 Å². The summed E-state index contributed by atoms with van der Waals surface area (Å²) in [5, 5.41) is 6.49. The summed E-state index contributed by atoms with van der Waals surface area (Å²) >= 11 is 0. The molecule has 0 bridgehead atoms. The Balaban J connectivity index is 1.62. The Hall–Kier alpha value is -1.42. The van der Waals surface area contributed by atoms with Crippen LogP contribution in [0.5, 0.6) is 0 Å². The molecular formula is C16H25N3O. The van der Waals surface area contributed by atoms with E-state index in [4.69, 9.17) is 0 Å². The lowest BCUT2D eigenvalue weighted by Gasteiger charge is -2.21. The van der Waals surface area contributed by atoms with Gasteiger partial charge in [0.15, 0.2) is 0 Å². The van der Waals surface area contributed by atoms with Crippen LogP contribution in [0.3, 0.4) is 0 Å². The van der Waals surface area contributed by atoms with Gasteiger partial charge in [-0.25, -0.2) is 0 Å². The van der Waals surface area contributed by atoms with Gasteiger partial charge >= 0.3 is 0 Å². The molecule has 0 radical (unpaired) electrons. The minimum Gasteiger partial charge on any atom is -0.351 e. The van der Waals surface area contributed by atoms with Gasteiger partial charge in [0, 0.05) is 31.5 Å². The third-order valence-electron chi connectivity index (χ3n) is 3.87. The van der Waals surface area contributed by atoms with Crippen molar-refractivity contribution in [3.8, 4) is 0 Å². The van der Waals surface area contributed by atoms with Gasteiger partial charge in [0.2, 0.25) is 0 Å². The fourth-order valence-electron chi connectivity index (χ4n) is 2.71. The molecule has 1 aliphatic rings. The van der Waals surface area contributed by atoms with E-state index in [1.807, 2.05) is 0 Å². The number of rotatable bonds is 5. The van der Waals surface area contributed by atoms with Gasteiger partial charge in [0.25, 0.3) is 5.91 Å². The topological polar surface area (TPSA) is 54.0 Å². The normalized spacial score (nSPS) is 17.2. The largest absolute Gasteiger partial charge is 0.351 e. The summed E-state index contributed by atoms with van der Waals surface area (Å²) in [5.74, 6) is -0.0439. The number of amides is 1. The zero-order valence-electron chi connectivity index (χ0n) is 12.1. The number of carbonyl (C=O) groups is 1. The first kappa shape index (κ1) is 15.0. The smallest absolute Gasteiger partial charge is 0.252 e. The maximum absolute atomic E-state index is 11.8. The molecule has 0 saturated heterocycles. The zero-order chi connectivity index (χ0) is 14.0. The Morgan fingerprint density at radius 1 is 1.15 bits per heavy atom. The lowest BCUT2D eigenvalue weighted by atomic mass is 9.97. The molecule has 2 rings (SSSR count). The van der Waals surface area contributed by atoms with Crippen LogP contribution in [0.15, 0.2) is 24.5 Å². The number of pyridine rings is 1. The zero-order valence-corrected chi connectivity index (χ0v) is 12.1. The second-order valence-electron chi connectivity index (χ2n) is 5.49. The summed E-state index contributed by atoms with van der Waals surface area (Å²) in [5.41, 5.74) is 0.624. The van der Waals surface area contributed by atoms with Crippen LogP contribution >= 0.6 is 0 Å². The molecule has 2 N–H and O–H groups in total. The van der Waals surface area contributed by atoms with E-state index < -0.39 is 0 Å². The number of nitrogens with one attached hydrogen (secondary N) is 2. The summed E-state index contributed by atoms with van der Waals surface area (Å²) < 4.78 is 0. The van der Waals surface area contributed by atoms with Gasteiger partial charge in [-0.15, -0.1) is 0 Å². The van der Waals surface area contributed by atoms with Gasteiger partial charge in [-0.2, -0.15) is 0 Å². The maximum Gasteiger partial charge on any atom is 0.252 e. The SMILES string of the molecule is O=C(NCCNC1CCCCCCC1)c1cccnc1. The summed E-state index contributed by atoms with van der Waals surface area (Å²) in [6, 6.07) is 4.19. The molecule has 0 aliphatic heterocycles. The first-order valence-electron chi connectivity index (χ1n) is 7.78. The fourth-order valence-corrected chi connectivity index (χ4v) is 2.71. The summed E-state index contributed by atoms with van der Waals surface area (Å²) in [6.07, 6.45) is 12.6. The van der Waals surface area contributed by atoms with Crippen molar-refractivity contribution in [2.24, 2.45) is 0 Å². The number of hydrogen-bond donors (Lipinski definition) is 2. The van der Waals surface area contributed by atoms with Gasteiger partial charge in [0.05, 0.1) is 5.56 Å². The highest BCUT2D eigenvalue weighted by molar-refractivity contribution is 5.93. The van der Waals surface area contributed by atoms with Crippen LogP contribution in [0.4, 0.5) is 0 Å². The van der Waals surface area contributed by atoms with E-state index in [1.54, 1.807) is 24.5 Å². The van der Waals surface area contributed by atoms with E-state index in [2.05, 4.69) is 15.6 Å². The van der Waals surface area contributed by atoms with Crippen molar-refractivity contribution in [2.45, 2.75) is 51.0 Å². The number of nitrogens with zero attached hydrogens (tertiary/aromatic N) is 1. The molecule has 1 fully saturated rings. The summed E-state index contributed by atoms with van der Waals surface area (Å²) in [7, 11) is 0. The van der Waals surface area contributed by atoms with E-state index in [0.29, 0.717) is 18.2 Å². The third-order valence-corrected chi connectivity index (χ3v) is 3.87. The van der Waals surface area contributed by atoms with Crippen molar-refractivity contribution < 1.29 is 4.79 Å². The second-order valence-corrected chi connectivity index (χ2v) is 5.49. The molecule has 0 spiro atoms. The highest BCUT2D eigenvalue weighted by Crippen LogP contribution is 2.16. The molecule has 1 amide bonds. The van der Waals surface area contributed by atoms with Crippen molar-refractivity contribution >= 4 is 5.91 Å². The summed E-state index contributed by atoms with van der Waals surface area (Å²) in [4.78, 5) is 15.8. The molecule has 0 aromatic carbocycles. The molecule has 0 unspecified atom stereocenters. The minimum atomic E-state index is -0.0439. The molecule has 1 aromatic heterocycles. The van der Waals surface area contributed by atoms with Crippen LogP contribution in [0, 0.1) is 0 Å². The summed E-state index contributed by atoms with van der Waals surface area (Å²) in [6.45, 7) is 1.51. The van der Waals surface area contributed by atoms with E-state index in [1.165, 1.54) is 44.9 Å². The van der Waals surface area contributed by atoms with Crippen molar-refractivity contribution in [1.82, 2.24) is 15.6 Å². The van der Waals surface area contributed by atoms with Crippen LogP contribution in [-0.2, 0) is 0 Å². The van der Waals surface area contributed by atoms with Crippen LogP contribution < -0.4 is 10.6 Å². The number of hydrogen-bond acceptors (Lipinski definition) is 3. The first-order valence-corrected chi connectivity index (χ1v) is 7.78. The van der Waals surface area contributed by atoms with Crippen LogP contribution in [-0.4, -0.2) is 30.0 Å². The Morgan fingerprint density at radius 3 is 2.60 bits per heavy atom. The van der Waals surface area contributed by atoms with Crippen molar-refractivity contribution in [3.05, 3.63) is 30.1 Å². The Kier molecular flexibility index (Phi) is 6.51. The number of carbonyl (C=O) groups excluding carboxylic acids is 1. The van der Waals surface area contributed by atoms with E-state index in [0.717, 1.165) is 6.54 Å². The lowest BCUT2D eigenvalue weighted by Crippen LogP contribution is -2.37. The lowest BCUT2D eigenvalue weighted by molar-refractivity contribution is 0.0953. The molecule has 1 aliphatic carbocycles. The second kappa shape index (κ2) is 8.69. The standard InChI is InChI=1S/C16H25N3O/c20-16(14-7-6-10-17-13-14)19-12-11-18-15-8-4-2-1-3-5-9-15/h6-7,10,13,15,18H,1-5,8-9,11-12H2,(H,19,20). The molecule has 1 aromatic rings. The highest BCUT2D eigenvalue weighted by atomic mass is 16.1. The predicted octanol–water partition coefficient (Wildman–Crippen LogP) is 2.51. The molecule has 1 saturated carbocycles. The average molecular weight is 275 g/mol. The van der Waals surface area contributed by atoms with E-state index >= 15 is 0 Å². The monoisotopic (exact) mass is 275 g/mol. The molecule has 110 valence electrons. The van der Waals surface area contributed by atoms with Crippen molar-refractivity contribution in [2.75, 3.05) is 13.1 Å². The Bertz CT molecular complexity index is 386. The highest BCUT2D eigenvalue weighted by Gasteiger charge is 2.10. The average Bonchev–Trinajstić information content (AvgIpc) is 2.46. The maximum atomic E-state index is 11.8. The minimum absolute atomic E-state index is 0.0439. The van der Waals surface area contributed by atoms with Crippen molar-refractivity contribution in [1.29, 1.82) is 0 Å². The molecule has 20 heavy (non-hydrogen) atoms. The van der Waals surface area contributed by atoms with E-state index in [-0.39, 0.29) is 5.91 Å². The van der Waals surface area contributed by atoms with E-state index in [9.17, 15) is 4.79 Å². The molecular weight excluding hydrogens is 250 g/mol. The first-order chi connectivity index (χ1) is 9.86. The molecule has 0 atom stereocenters. The van der Waals surface area contributed by atoms with Gasteiger partial charge in [-0.05, 0) is 25.0 Å². The van der Waals surface area contributed by atoms with Crippen molar-refractivity contribution in [3.63, 3.8) is 0 Å². The number of aromatic nitrogens is 1. The van der Waals surface area contributed by atoms with Crippen LogP contribution in [0.1, 0.15) is 55.3 Å². The van der Waals surface area contributed by atoms with Crippen LogP contribution in [0.2, 0.25) is 0 Å². The molecule has 1 heterocycles. The van der Waals surface area contributed by atoms with Gasteiger partial charge in [0.1, 0.15) is 0 Å². The van der Waals surface area contributed by atoms with Gasteiger partial charge < -0.3 is 10.6 Å². The molecule has 4 nitrogen and oxygen atoms in total. The third kappa shape index (κ3) is 5.29. The Morgan fingerprint density at radius 2 is 1.90 bits per heavy atom. The van der Waals surface area contributed by atoms with Gasteiger partial charge in [-0.1, -0.05) is 32.1 Å². The van der Waals surface area contributed by atoms with Gasteiger partial charge in [-0.3, -0.25) is 9.78 Å². The predicted molar refractivity (Wildman–Crippen MR) is 80.7 cm³/mol. The fraction of sp³-hybridized carbons (Fsp3) is 0.625. The molecule has 4 heteroatoms.